The zero-order valence-electron chi connectivity index (χ0n) is 20.2. The van der Waals surface area contributed by atoms with E-state index in [4.69, 9.17) is 9.15 Å². The average molecular weight is 486 g/mol. The second-order valence-corrected chi connectivity index (χ2v) is 8.94. The molecule has 0 fully saturated rings. The third kappa shape index (κ3) is 7.37. The predicted molar refractivity (Wildman–Crippen MR) is 128 cm³/mol. The second kappa shape index (κ2) is 11.1. The molecule has 2 aromatic carbocycles. The molecule has 1 N–H and O–H groups in total. The zero-order chi connectivity index (χ0) is 25.6. The summed E-state index contributed by atoms with van der Waals surface area (Å²) < 4.78 is 38.1. The molecule has 0 radical (unpaired) electrons. The standard InChI is InChI=1S/C26H29F2N3O4/c1-5-31(25(33)35-26(2,3)4)16-17-8-6-7-9-21(17)30-23(32)12-13-24-29-15-22(34-24)19-11-10-18(27)14-20(19)28/h6-11,14-15H,5,12-13,16H2,1-4H3,(H,30,32). The minimum absolute atomic E-state index is 0.0732. The summed E-state index contributed by atoms with van der Waals surface area (Å²) in [5.41, 5.74) is 0.828. The van der Waals surface area contributed by atoms with Gasteiger partial charge in [-0.2, -0.15) is 0 Å². The van der Waals surface area contributed by atoms with Crippen molar-refractivity contribution in [3.8, 4) is 11.3 Å². The first-order valence-corrected chi connectivity index (χ1v) is 11.3. The lowest BCUT2D eigenvalue weighted by molar-refractivity contribution is -0.116. The van der Waals surface area contributed by atoms with E-state index in [-0.39, 0.29) is 42.5 Å². The number of hydrogen-bond acceptors (Lipinski definition) is 5. The molecule has 7 nitrogen and oxygen atoms in total. The number of ether oxygens (including phenoxy) is 1. The molecule has 0 aliphatic heterocycles. The van der Waals surface area contributed by atoms with Gasteiger partial charge in [0.1, 0.15) is 17.2 Å². The van der Waals surface area contributed by atoms with Gasteiger partial charge in [-0.05, 0) is 51.5 Å². The van der Waals surface area contributed by atoms with Crippen LogP contribution in [0.15, 0.2) is 53.1 Å². The van der Waals surface area contributed by atoms with Crippen LogP contribution in [0.25, 0.3) is 11.3 Å². The molecule has 186 valence electrons. The van der Waals surface area contributed by atoms with E-state index in [0.29, 0.717) is 12.2 Å². The molecule has 2 amide bonds. The van der Waals surface area contributed by atoms with E-state index in [9.17, 15) is 18.4 Å². The number of aromatic nitrogens is 1. The molecule has 0 atom stereocenters. The van der Waals surface area contributed by atoms with Crippen LogP contribution in [-0.4, -0.2) is 34.0 Å². The zero-order valence-corrected chi connectivity index (χ0v) is 20.2. The van der Waals surface area contributed by atoms with Crippen LogP contribution in [0.3, 0.4) is 0 Å². The normalized spacial score (nSPS) is 11.3. The maximum atomic E-state index is 14.0. The van der Waals surface area contributed by atoms with Crippen LogP contribution < -0.4 is 5.32 Å². The highest BCUT2D eigenvalue weighted by Crippen LogP contribution is 2.25. The topological polar surface area (TPSA) is 84.7 Å². The molecule has 0 aliphatic rings. The maximum absolute atomic E-state index is 14.0. The number of rotatable bonds is 8. The largest absolute Gasteiger partial charge is 0.444 e. The molecular weight excluding hydrogens is 456 g/mol. The van der Waals surface area contributed by atoms with Crippen molar-refractivity contribution < 1.29 is 27.5 Å². The summed E-state index contributed by atoms with van der Waals surface area (Å²) in [5.74, 6) is -1.30. The van der Waals surface area contributed by atoms with Crippen LogP contribution in [0.1, 0.15) is 45.6 Å². The van der Waals surface area contributed by atoms with Gasteiger partial charge in [-0.1, -0.05) is 18.2 Å². The van der Waals surface area contributed by atoms with Crippen molar-refractivity contribution in [2.75, 3.05) is 11.9 Å². The molecule has 1 heterocycles. The fourth-order valence-corrected chi connectivity index (χ4v) is 3.29. The van der Waals surface area contributed by atoms with Gasteiger partial charge >= 0.3 is 6.09 Å². The average Bonchev–Trinajstić information content (AvgIpc) is 3.24. The van der Waals surface area contributed by atoms with E-state index in [2.05, 4.69) is 10.3 Å². The fraction of sp³-hybridized carbons (Fsp3) is 0.346. The Bertz CT molecular complexity index is 1190. The van der Waals surface area contributed by atoms with Crippen molar-refractivity contribution in [1.29, 1.82) is 0 Å². The summed E-state index contributed by atoms with van der Waals surface area (Å²) in [6.07, 6.45) is 1.17. The smallest absolute Gasteiger partial charge is 0.410 e. The number of carbonyl (C=O) groups excluding carboxylic acids is 2. The summed E-state index contributed by atoms with van der Waals surface area (Å²) in [4.78, 5) is 30.7. The minimum atomic E-state index is -0.755. The van der Waals surface area contributed by atoms with E-state index in [1.165, 1.54) is 12.3 Å². The Morgan fingerprint density at radius 1 is 1.14 bits per heavy atom. The molecule has 0 bridgehead atoms. The van der Waals surface area contributed by atoms with Crippen LogP contribution in [0, 0.1) is 11.6 Å². The van der Waals surface area contributed by atoms with Gasteiger partial charge in [0.05, 0.1) is 18.3 Å². The summed E-state index contributed by atoms with van der Waals surface area (Å²) in [7, 11) is 0. The summed E-state index contributed by atoms with van der Waals surface area (Å²) in [6, 6.07) is 10.4. The summed E-state index contributed by atoms with van der Waals surface area (Å²) in [6.45, 7) is 7.99. The molecule has 0 spiro atoms. The van der Waals surface area contributed by atoms with Crippen LogP contribution in [0.2, 0.25) is 0 Å². The molecule has 0 unspecified atom stereocenters. The van der Waals surface area contributed by atoms with Gasteiger partial charge < -0.3 is 19.4 Å². The Kier molecular flexibility index (Phi) is 8.22. The number of carbonyl (C=O) groups is 2. The van der Waals surface area contributed by atoms with Crippen LogP contribution in [0.5, 0.6) is 0 Å². The van der Waals surface area contributed by atoms with Gasteiger partial charge in [0.25, 0.3) is 0 Å². The van der Waals surface area contributed by atoms with Gasteiger partial charge in [-0.3, -0.25) is 4.79 Å². The van der Waals surface area contributed by atoms with Crippen LogP contribution in [0.4, 0.5) is 19.3 Å². The Morgan fingerprint density at radius 2 is 1.89 bits per heavy atom. The number of para-hydroxylation sites is 1. The number of oxazole rings is 1. The van der Waals surface area contributed by atoms with E-state index in [1.54, 1.807) is 37.8 Å². The Hall–Kier alpha value is -3.75. The third-order valence-electron chi connectivity index (χ3n) is 5.00. The van der Waals surface area contributed by atoms with Gasteiger partial charge in [-0.25, -0.2) is 18.6 Å². The number of hydrogen-bond donors (Lipinski definition) is 1. The minimum Gasteiger partial charge on any atom is -0.444 e. The number of nitrogens with one attached hydrogen (secondary N) is 1. The molecule has 3 rings (SSSR count). The fourth-order valence-electron chi connectivity index (χ4n) is 3.29. The number of amides is 2. The van der Waals surface area contributed by atoms with Gasteiger partial charge in [-0.15, -0.1) is 0 Å². The molecule has 3 aromatic rings. The highest BCUT2D eigenvalue weighted by atomic mass is 19.1. The number of benzene rings is 2. The maximum Gasteiger partial charge on any atom is 0.410 e. The Labute approximate surface area is 203 Å². The monoisotopic (exact) mass is 485 g/mol. The van der Waals surface area contributed by atoms with E-state index >= 15 is 0 Å². The second-order valence-electron chi connectivity index (χ2n) is 8.94. The summed E-state index contributed by atoms with van der Waals surface area (Å²) in [5, 5.41) is 2.86. The third-order valence-corrected chi connectivity index (χ3v) is 5.00. The molecule has 1 aromatic heterocycles. The van der Waals surface area contributed by atoms with E-state index < -0.39 is 23.3 Å². The van der Waals surface area contributed by atoms with Crippen LogP contribution >= 0.6 is 0 Å². The predicted octanol–water partition coefficient (Wildman–Crippen LogP) is 5.95. The van der Waals surface area contributed by atoms with Crippen molar-refractivity contribution in [2.45, 2.75) is 52.7 Å². The van der Waals surface area contributed by atoms with Crippen molar-refractivity contribution in [2.24, 2.45) is 0 Å². The number of nitrogens with zero attached hydrogens (tertiary/aromatic N) is 2. The molecule has 35 heavy (non-hydrogen) atoms. The SMILES string of the molecule is CCN(Cc1ccccc1NC(=O)CCc1ncc(-c2ccc(F)cc2F)o1)C(=O)OC(C)(C)C. The molecule has 9 heteroatoms. The number of aryl methyl sites for hydroxylation is 1. The van der Waals surface area contributed by atoms with Gasteiger partial charge in [0.15, 0.2) is 11.7 Å². The Balaban J connectivity index is 1.61. The van der Waals surface area contributed by atoms with Gasteiger partial charge in [0.2, 0.25) is 5.91 Å². The highest BCUT2D eigenvalue weighted by Gasteiger charge is 2.22. The Morgan fingerprint density at radius 3 is 2.57 bits per heavy atom. The lowest BCUT2D eigenvalue weighted by atomic mass is 10.1. The lowest BCUT2D eigenvalue weighted by Crippen LogP contribution is -2.36. The quantitative estimate of drug-likeness (QED) is 0.426. The van der Waals surface area contributed by atoms with E-state index in [0.717, 1.165) is 17.7 Å². The van der Waals surface area contributed by atoms with Crippen molar-refractivity contribution in [1.82, 2.24) is 9.88 Å². The molecule has 0 aliphatic carbocycles. The first-order valence-electron chi connectivity index (χ1n) is 11.3. The van der Waals surface area contributed by atoms with Crippen LogP contribution in [-0.2, 0) is 22.5 Å². The van der Waals surface area contributed by atoms with Crippen molar-refractivity contribution >= 4 is 17.7 Å². The lowest BCUT2D eigenvalue weighted by Gasteiger charge is -2.27. The first-order chi connectivity index (χ1) is 16.6. The molecule has 0 saturated carbocycles. The highest BCUT2D eigenvalue weighted by molar-refractivity contribution is 5.91. The van der Waals surface area contributed by atoms with E-state index in [1.807, 2.05) is 19.1 Å². The molecule has 0 saturated heterocycles. The first kappa shape index (κ1) is 25.9. The number of anilines is 1. The number of halogens is 2. The van der Waals surface area contributed by atoms with Gasteiger partial charge in [0, 0.05) is 31.1 Å². The van der Waals surface area contributed by atoms with Crippen molar-refractivity contribution in [3.05, 3.63) is 71.8 Å². The molecular formula is C26H29F2N3O4. The van der Waals surface area contributed by atoms with Crippen molar-refractivity contribution in [3.63, 3.8) is 0 Å². The summed E-state index contributed by atoms with van der Waals surface area (Å²) >= 11 is 0.